The predicted octanol–water partition coefficient (Wildman–Crippen LogP) is 3.36. The van der Waals surface area contributed by atoms with Crippen LogP contribution in [0.5, 0.6) is 11.5 Å². The molecule has 35 heavy (non-hydrogen) atoms. The Morgan fingerprint density at radius 3 is 2.83 bits per heavy atom. The molecule has 8 heteroatoms. The van der Waals surface area contributed by atoms with Crippen LogP contribution in [0, 0.1) is 0 Å². The SMILES string of the molecule is COc1ccc(OC)c(CC(=O)N2CCc3[nH]nc(C(=O)N[C@@H]4CCCc5ccccc54)c3C2)c1. The van der Waals surface area contributed by atoms with E-state index in [1.807, 2.05) is 18.2 Å². The highest BCUT2D eigenvalue weighted by atomic mass is 16.5. The predicted molar refractivity (Wildman–Crippen MR) is 131 cm³/mol. The second-order valence-electron chi connectivity index (χ2n) is 9.07. The molecule has 0 saturated heterocycles. The lowest BCUT2D eigenvalue weighted by Crippen LogP contribution is -2.38. The summed E-state index contributed by atoms with van der Waals surface area (Å²) in [5, 5.41) is 10.5. The first-order valence-corrected chi connectivity index (χ1v) is 12.0. The van der Waals surface area contributed by atoms with Crippen LogP contribution >= 0.6 is 0 Å². The largest absolute Gasteiger partial charge is 0.497 e. The Hall–Kier alpha value is -3.81. The summed E-state index contributed by atoms with van der Waals surface area (Å²) in [5.74, 6) is 1.09. The first kappa shape index (κ1) is 23.0. The van der Waals surface area contributed by atoms with Gasteiger partial charge in [0.1, 0.15) is 11.5 Å². The maximum Gasteiger partial charge on any atom is 0.272 e. The van der Waals surface area contributed by atoms with Crippen LogP contribution in [0.1, 0.15) is 57.3 Å². The van der Waals surface area contributed by atoms with Crippen molar-refractivity contribution >= 4 is 11.8 Å². The molecule has 0 spiro atoms. The van der Waals surface area contributed by atoms with Gasteiger partial charge in [-0.3, -0.25) is 14.7 Å². The summed E-state index contributed by atoms with van der Waals surface area (Å²) in [6.45, 7) is 0.915. The van der Waals surface area contributed by atoms with Crippen molar-refractivity contribution in [1.29, 1.82) is 0 Å². The number of H-pyrrole nitrogens is 1. The number of benzene rings is 2. The van der Waals surface area contributed by atoms with E-state index >= 15 is 0 Å². The maximum atomic E-state index is 13.2. The van der Waals surface area contributed by atoms with Gasteiger partial charge in [-0.25, -0.2) is 0 Å². The van der Waals surface area contributed by atoms with E-state index in [4.69, 9.17) is 9.47 Å². The number of aromatic amines is 1. The zero-order valence-corrected chi connectivity index (χ0v) is 20.1. The molecular formula is C27H30N4O4. The lowest BCUT2D eigenvalue weighted by Gasteiger charge is -2.28. The van der Waals surface area contributed by atoms with Crippen molar-refractivity contribution in [3.8, 4) is 11.5 Å². The van der Waals surface area contributed by atoms with E-state index < -0.39 is 0 Å². The van der Waals surface area contributed by atoms with Gasteiger partial charge < -0.3 is 19.7 Å². The molecule has 1 aliphatic heterocycles. The quantitative estimate of drug-likeness (QED) is 0.571. The summed E-state index contributed by atoms with van der Waals surface area (Å²) < 4.78 is 10.7. The molecule has 0 saturated carbocycles. The lowest BCUT2D eigenvalue weighted by molar-refractivity contribution is -0.131. The molecule has 0 radical (unpaired) electrons. The van der Waals surface area contributed by atoms with Gasteiger partial charge in [-0.1, -0.05) is 24.3 Å². The molecule has 0 bridgehead atoms. The molecule has 2 aromatic carbocycles. The fourth-order valence-corrected chi connectivity index (χ4v) is 5.12. The Labute approximate surface area is 204 Å². The van der Waals surface area contributed by atoms with Crippen LogP contribution in [-0.2, 0) is 30.6 Å². The molecule has 2 amide bonds. The van der Waals surface area contributed by atoms with Crippen molar-refractivity contribution in [1.82, 2.24) is 20.4 Å². The number of nitrogens with one attached hydrogen (secondary N) is 2. The average Bonchev–Trinajstić information content (AvgIpc) is 3.32. The van der Waals surface area contributed by atoms with Gasteiger partial charge in [-0.15, -0.1) is 0 Å². The number of aryl methyl sites for hydroxylation is 1. The van der Waals surface area contributed by atoms with Gasteiger partial charge in [0, 0.05) is 36.3 Å². The molecular weight excluding hydrogens is 444 g/mol. The number of carbonyl (C=O) groups is 2. The molecule has 5 rings (SSSR count). The van der Waals surface area contributed by atoms with E-state index in [0.717, 1.165) is 36.1 Å². The zero-order valence-electron chi connectivity index (χ0n) is 20.1. The van der Waals surface area contributed by atoms with Crippen molar-refractivity contribution in [2.45, 2.75) is 44.7 Å². The van der Waals surface area contributed by atoms with Crippen LogP contribution in [0.3, 0.4) is 0 Å². The highest BCUT2D eigenvalue weighted by molar-refractivity contribution is 5.94. The van der Waals surface area contributed by atoms with Gasteiger partial charge in [-0.2, -0.15) is 5.10 Å². The molecule has 3 aromatic rings. The minimum Gasteiger partial charge on any atom is -0.497 e. The van der Waals surface area contributed by atoms with Gasteiger partial charge in [0.05, 0.1) is 26.7 Å². The van der Waals surface area contributed by atoms with Crippen molar-refractivity contribution in [3.05, 3.63) is 76.1 Å². The Morgan fingerprint density at radius 1 is 1.14 bits per heavy atom. The second-order valence-corrected chi connectivity index (χ2v) is 9.07. The van der Waals surface area contributed by atoms with Crippen LogP contribution in [-0.4, -0.2) is 47.7 Å². The highest BCUT2D eigenvalue weighted by Crippen LogP contribution is 2.31. The van der Waals surface area contributed by atoms with Crippen LogP contribution in [0.4, 0.5) is 0 Å². The zero-order chi connectivity index (χ0) is 24.4. The van der Waals surface area contributed by atoms with Gasteiger partial charge in [0.15, 0.2) is 5.69 Å². The molecule has 1 aliphatic carbocycles. The van der Waals surface area contributed by atoms with Crippen molar-refractivity contribution in [2.24, 2.45) is 0 Å². The van der Waals surface area contributed by atoms with Gasteiger partial charge >= 0.3 is 0 Å². The van der Waals surface area contributed by atoms with E-state index in [0.29, 0.717) is 36.7 Å². The third-order valence-electron chi connectivity index (χ3n) is 7.01. The normalized spacial score (nSPS) is 16.7. The summed E-state index contributed by atoms with van der Waals surface area (Å²) in [7, 11) is 3.18. The first-order chi connectivity index (χ1) is 17.1. The summed E-state index contributed by atoms with van der Waals surface area (Å²) in [4.78, 5) is 28.2. The Balaban J connectivity index is 1.31. The number of hydrogen-bond acceptors (Lipinski definition) is 5. The van der Waals surface area contributed by atoms with Crippen LogP contribution in [0.25, 0.3) is 0 Å². The van der Waals surface area contributed by atoms with E-state index in [1.165, 1.54) is 11.1 Å². The Kier molecular flexibility index (Phi) is 6.44. The van der Waals surface area contributed by atoms with E-state index in [-0.39, 0.29) is 24.3 Å². The van der Waals surface area contributed by atoms with E-state index in [1.54, 1.807) is 31.3 Å². The molecule has 0 unspecified atom stereocenters. The first-order valence-electron chi connectivity index (χ1n) is 12.0. The number of nitrogens with zero attached hydrogens (tertiary/aromatic N) is 2. The number of carbonyl (C=O) groups excluding carboxylic acids is 2. The third kappa shape index (κ3) is 4.60. The summed E-state index contributed by atoms with van der Waals surface area (Å²) in [5.41, 5.74) is 5.33. The number of rotatable bonds is 6. The third-order valence-corrected chi connectivity index (χ3v) is 7.01. The minimum absolute atomic E-state index is 0.0262. The molecule has 2 N–H and O–H groups in total. The van der Waals surface area contributed by atoms with E-state index in [9.17, 15) is 9.59 Å². The smallest absolute Gasteiger partial charge is 0.272 e. The van der Waals surface area contributed by atoms with Crippen LogP contribution in [0.15, 0.2) is 42.5 Å². The summed E-state index contributed by atoms with van der Waals surface area (Å²) in [6.07, 6.45) is 3.80. The van der Waals surface area contributed by atoms with Crippen molar-refractivity contribution in [2.75, 3.05) is 20.8 Å². The number of aromatic nitrogens is 2. The molecule has 8 nitrogen and oxygen atoms in total. The molecule has 0 fully saturated rings. The summed E-state index contributed by atoms with van der Waals surface area (Å²) in [6, 6.07) is 13.7. The molecule has 1 atom stereocenters. The van der Waals surface area contributed by atoms with E-state index in [2.05, 4.69) is 27.6 Å². The van der Waals surface area contributed by atoms with Crippen molar-refractivity contribution in [3.63, 3.8) is 0 Å². The molecule has 2 aliphatic rings. The van der Waals surface area contributed by atoms with Crippen LogP contribution < -0.4 is 14.8 Å². The number of fused-ring (bicyclic) bond motifs is 2. The Bertz CT molecular complexity index is 1250. The highest BCUT2D eigenvalue weighted by Gasteiger charge is 2.30. The lowest BCUT2D eigenvalue weighted by atomic mass is 9.87. The minimum atomic E-state index is -0.201. The standard InChI is InChI=1S/C27H30N4O4/c1-34-19-10-11-24(35-2)18(14-19)15-25(32)31-13-12-23-21(16-31)26(30-29-23)27(33)28-22-9-5-7-17-6-3-4-8-20(17)22/h3-4,6,8,10-11,14,22H,5,7,9,12-13,15-16H2,1-2H3,(H,28,33)(H,29,30)/t22-/m1/s1. The fraction of sp³-hybridized carbons (Fsp3) is 0.370. The number of amides is 2. The average molecular weight is 475 g/mol. The van der Waals surface area contributed by atoms with Gasteiger partial charge in [0.2, 0.25) is 5.91 Å². The summed E-state index contributed by atoms with van der Waals surface area (Å²) >= 11 is 0. The topological polar surface area (TPSA) is 96.6 Å². The van der Waals surface area contributed by atoms with Gasteiger partial charge in [0.25, 0.3) is 5.91 Å². The maximum absolute atomic E-state index is 13.2. The fourth-order valence-electron chi connectivity index (χ4n) is 5.12. The second kappa shape index (κ2) is 9.82. The molecule has 2 heterocycles. The monoisotopic (exact) mass is 474 g/mol. The number of hydrogen-bond donors (Lipinski definition) is 2. The van der Waals surface area contributed by atoms with Crippen LogP contribution in [0.2, 0.25) is 0 Å². The molecule has 182 valence electrons. The molecule has 1 aromatic heterocycles. The number of ether oxygens (including phenoxy) is 2. The number of methoxy groups -OCH3 is 2. The Morgan fingerprint density at radius 2 is 2.00 bits per heavy atom. The van der Waals surface area contributed by atoms with Gasteiger partial charge in [-0.05, 0) is 48.6 Å². The van der Waals surface area contributed by atoms with Crippen molar-refractivity contribution < 1.29 is 19.1 Å².